The standard InChI is InChI=1S/C14H14O6/c1-7(13(15)16)10-5-8-4-9(18-2)6-11(19-3)12(8)14(17)20-10/h4-7H,1-3H3,(H,15,16). The van der Waals surface area contributed by atoms with Crippen LogP contribution in [-0.2, 0) is 4.79 Å². The molecule has 2 aromatic rings. The van der Waals surface area contributed by atoms with Gasteiger partial charge >= 0.3 is 11.6 Å². The molecule has 0 saturated carbocycles. The number of aliphatic carboxylic acids is 1. The number of rotatable bonds is 4. The van der Waals surface area contributed by atoms with Gasteiger partial charge < -0.3 is 19.0 Å². The van der Waals surface area contributed by atoms with Crippen LogP contribution in [0.2, 0.25) is 0 Å². The number of fused-ring (bicyclic) bond motifs is 1. The number of hydrogen-bond donors (Lipinski definition) is 1. The predicted molar refractivity (Wildman–Crippen MR) is 71.6 cm³/mol. The molecule has 106 valence electrons. The van der Waals surface area contributed by atoms with Crippen LogP contribution in [0.3, 0.4) is 0 Å². The van der Waals surface area contributed by atoms with E-state index in [-0.39, 0.29) is 11.1 Å². The van der Waals surface area contributed by atoms with Crippen molar-refractivity contribution in [1.29, 1.82) is 0 Å². The van der Waals surface area contributed by atoms with Crippen LogP contribution in [-0.4, -0.2) is 25.3 Å². The summed E-state index contributed by atoms with van der Waals surface area (Å²) in [7, 11) is 2.92. The lowest BCUT2D eigenvalue weighted by atomic mass is 10.1. The summed E-state index contributed by atoms with van der Waals surface area (Å²) < 4.78 is 15.3. The van der Waals surface area contributed by atoms with E-state index in [1.165, 1.54) is 27.2 Å². The zero-order valence-corrected chi connectivity index (χ0v) is 11.3. The first-order valence-corrected chi connectivity index (χ1v) is 5.90. The quantitative estimate of drug-likeness (QED) is 0.920. The molecular weight excluding hydrogens is 264 g/mol. The van der Waals surface area contributed by atoms with E-state index in [1.807, 2.05) is 0 Å². The van der Waals surface area contributed by atoms with Crippen LogP contribution in [0.25, 0.3) is 10.8 Å². The van der Waals surface area contributed by atoms with Crippen LogP contribution in [0, 0.1) is 0 Å². The van der Waals surface area contributed by atoms with Crippen molar-refractivity contribution in [3.63, 3.8) is 0 Å². The zero-order valence-electron chi connectivity index (χ0n) is 11.3. The Balaban J connectivity index is 2.76. The number of hydrogen-bond acceptors (Lipinski definition) is 5. The molecule has 0 aliphatic rings. The molecule has 1 N–H and O–H groups in total. The summed E-state index contributed by atoms with van der Waals surface area (Å²) >= 11 is 0. The summed E-state index contributed by atoms with van der Waals surface area (Å²) in [6.07, 6.45) is 0. The van der Waals surface area contributed by atoms with Gasteiger partial charge in [-0.1, -0.05) is 0 Å². The van der Waals surface area contributed by atoms with E-state index in [2.05, 4.69) is 0 Å². The maximum Gasteiger partial charge on any atom is 0.347 e. The summed E-state index contributed by atoms with van der Waals surface area (Å²) in [6, 6.07) is 4.72. The zero-order chi connectivity index (χ0) is 14.9. The number of carboxylic acids is 1. The third-order valence-corrected chi connectivity index (χ3v) is 3.07. The molecule has 1 aromatic heterocycles. The highest BCUT2D eigenvalue weighted by molar-refractivity contribution is 5.89. The fourth-order valence-electron chi connectivity index (χ4n) is 1.90. The molecule has 6 heteroatoms. The van der Waals surface area contributed by atoms with E-state index in [1.54, 1.807) is 12.1 Å². The van der Waals surface area contributed by atoms with Gasteiger partial charge in [-0.25, -0.2) is 4.79 Å². The van der Waals surface area contributed by atoms with Crippen LogP contribution in [0.4, 0.5) is 0 Å². The number of benzene rings is 1. The van der Waals surface area contributed by atoms with Crippen LogP contribution >= 0.6 is 0 Å². The van der Waals surface area contributed by atoms with E-state index >= 15 is 0 Å². The Morgan fingerprint density at radius 1 is 1.25 bits per heavy atom. The minimum atomic E-state index is -1.07. The van der Waals surface area contributed by atoms with Gasteiger partial charge in [0.05, 0.1) is 14.2 Å². The Morgan fingerprint density at radius 2 is 1.95 bits per heavy atom. The molecule has 1 heterocycles. The van der Waals surface area contributed by atoms with Crippen molar-refractivity contribution in [1.82, 2.24) is 0 Å². The lowest BCUT2D eigenvalue weighted by molar-refractivity contribution is -0.138. The van der Waals surface area contributed by atoms with Gasteiger partial charge in [0.2, 0.25) is 0 Å². The molecule has 0 radical (unpaired) electrons. The highest BCUT2D eigenvalue weighted by Crippen LogP contribution is 2.30. The van der Waals surface area contributed by atoms with Crippen molar-refractivity contribution < 1.29 is 23.8 Å². The molecule has 1 unspecified atom stereocenters. The molecule has 0 amide bonds. The molecule has 2 rings (SSSR count). The molecule has 0 aliphatic carbocycles. The van der Waals surface area contributed by atoms with Crippen LogP contribution < -0.4 is 15.1 Å². The Hall–Kier alpha value is -2.50. The lowest BCUT2D eigenvalue weighted by Gasteiger charge is -2.10. The Bertz CT molecular complexity index is 715. The lowest BCUT2D eigenvalue weighted by Crippen LogP contribution is -2.11. The first-order chi connectivity index (χ1) is 9.47. The second-order valence-electron chi connectivity index (χ2n) is 4.29. The smallest absolute Gasteiger partial charge is 0.347 e. The first kappa shape index (κ1) is 13.9. The van der Waals surface area contributed by atoms with E-state index < -0.39 is 17.5 Å². The van der Waals surface area contributed by atoms with Crippen molar-refractivity contribution >= 4 is 16.7 Å². The summed E-state index contributed by atoms with van der Waals surface area (Å²) in [6.45, 7) is 1.45. The topological polar surface area (TPSA) is 86.0 Å². The molecule has 0 spiro atoms. The van der Waals surface area contributed by atoms with Crippen molar-refractivity contribution in [3.05, 3.63) is 34.4 Å². The molecule has 20 heavy (non-hydrogen) atoms. The number of carboxylic acid groups (broad SMARTS) is 1. The summed E-state index contributed by atoms with van der Waals surface area (Å²) in [4.78, 5) is 23.0. The molecule has 0 fully saturated rings. The molecular formula is C14H14O6. The minimum Gasteiger partial charge on any atom is -0.497 e. The minimum absolute atomic E-state index is 0.0882. The van der Waals surface area contributed by atoms with E-state index in [9.17, 15) is 9.59 Å². The number of carbonyl (C=O) groups is 1. The van der Waals surface area contributed by atoms with Crippen LogP contribution in [0.5, 0.6) is 11.5 Å². The molecule has 1 aromatic carbocycles. The number of ether oxygens (including phenoxy) is 2. The summed E-state index contributed by atoms with van der Waals surface area (Å²) in [5.74, 6) is -1.06. The van der Waals surface area contributed by atoms with Gasteiger partial charge in [0.25, 0.3) is 0 Å². The Kier molecular flexibility index (Phi) is 3.65. The third kappa shape index (κ3) is 2.32. The molecule has 6 nitrogen and oxygen atoms in total. The van der Waals surface area contributed by atoms with Gasteiger partial charge in [0.1, 0.15) is 28.6 Å². The fraction of sp³-hybridized carbons (Fsp3) is 0.286. The van der Waals surface area contributed by atoms with Crippen LogP contribution in [0.15, 0.2) is 27.4 Å². The monoisotopic (exact) mass is 278 g/mol. The Labute approximate surface area is 114 Å². The molecule has 0 aliphatic heterocycles. The van der Waals surface area contributed by atoms with Gasteiger partial charge in [-0.05, 0) is 24.4 Å². The second kappa shape index (κ2) is 5.24. The third-order valence-electron chi connectivity index (χ3n) is 3.07. The summed E-state index contributed by atoms with van der Waals surface area (Å²) in [5, 5.41) is 9.76. The molecule has 1 atom stereocenters. The highest BCUT2D eigenvalue weighted by Gasteiger charge is 2.20. The average molecular weight is 278 g/mol. The average Bonchev–Trinajstić information content (AvgIpc) is 2.44. The van der Waals surface area contributed by atoms with E-state index in [0.717, 1.165) is 0 Å². The van der Waals surface area contributed by atoms with Crippen LogP contribution in [0.1, 0.15) is 18.6 Å². The van der Waals surface area contributed by atoms with Crippen molar-refractivity contribution in [2.75, 3.05) is 14.2 Å². The second-order valence-corrected chi connectivity index (χ2v) is 4.29. The fourth-order valence-corrected chi connectivity index (χ4v) is 1.90. The highest BCUT2D eigenvalue weighted by atomic mass is 16.5. The molecule has 0 bridgehead atoms. The van der Waals surface area contributed by atoms with Gasteiger partial charge in [0.15, 0.2) is 0 Å². The van der Waals surface area contributed by atoms with Crippen molar-refractivity contribution in [2.24, 2.45) is 0 Å². The SMILES string of the molecule is COc1cc(OC)c2c(=O)oc(C(C)C(=O)O)cc2c1. The van der Waals surface area contributed by atoms with Gasteiger partial charge in [-0.3, -0.25) is 4.79 Å². The maximum absolute atomic E-state index is 12.0. The predicted octanol–water partition coefficient (Wildman–Crippen LogP) is 2.00. The van der Waals surface area contributed by atoms with E-state index in [4.69, 9.17) is 19.0 Å². The van der Waals surface area contributed by atoms with Crippen molar-refractivity contribution in [3.8, 4) is 11.5 Å². The largest absolute Gasteiger partial charge is 0.497 e. The van der Waals surface area contributed by atoms with Crippen molar-refractivity contribution in [2.45, 2.75) is 12.8 Å². The van der Waals surface area contributed by atoms with E-state index in [0.29, 0.717) is 16.9 Å². The van der Waals surface area contributed by atoms with Gasteiger partial charge in [0, 0.05) is 6.07 Å². The number of methoxy groups -OCH3 is 2. The molecule has 0 saturated heterocycles. The normalized spacial score (nSPS) is 12.2. The maximum atomic E-state index is 12.0. The summed E-state index contributed by atoms with van der Waals surface area (Å²) in [5.41, 5.74) is -0.634. The van der Waals surface area contributed by atoms with Gasteiger partial charge in [-0.15, -0.1) is 0 Å². The Morgan fingerprint density at radius 3 is 2.50 bits per heavy atom. The first-order valence-electron chi connectivity index (χ1n) is 5.90. The van der Waals surface area contributed by atoms with Gasteiger partial charge in [-0.2, -0.15) is 0 Å².